The summed E-state index contributed by atoms with van der Waals surface area (Å²) >= 11 is 7.98. The zero-order chi connectivity index (χ0) is 15.4. The van der Waals surface area contributed by atoms with Crippen LogP contribution in [0.15, 0.2) is 24.3 Å². The summed E-state index contributed by atoms with van der Waals surface area (Å²) in [6, 6.07) is 7.63. The maximum Gasteiger partial charge on any atom is 0.252 e. The van der Waals surface area contributed by atoms with Crippen molar-refractivity contribution in [2.75, 3.05) is 13.1 Å². The number of likely N-dealkylation sites (tertiary alicyclic amines) is 1. The number of amides is 2. The van der Waals surface area contributed by atoms with Gasteiger partial charge in [-0.25, -0.2) is 0 Å². The summed E-state index contributed by atoms with van der Waals surface area (Å²) in [5, 5.41) is 2.57. The minimum absolute atomic E-state index is 0.0287. The Morgan fingerprint density at radius 1 is 1.33 bits per heavy atom. The van der Waals surface area contributed by atoms with Gasteiger partial charge in [-0.05, 0) is 54.5 Å². The second-order valence-electron chi connectivity index (χ2n) is 5.17. The standard InChI is InChI=1S/C15H18ClIN2O2/c1-10(16)15(21)19-8-6-11(7-9-19)18-14(20)12-4-2-3-5-13(12)17/h2-5,10-11H,6-9H2,1H3,(H,18,20). The number of nitrogens with one attached hydrogen (secondary N) is 1. The highest BCUT2D eigenvalue weighted by Gasteiger charge is 2.26. The number of alkyl halides is 1. The second kappa shape index (κ2) is 7.45. The third-order valence-electron chi connectivity index (χ3n) is 3.60. The van der Waals surface area contributed by atoms with Gasteiger partial charge in [0.1, 0.15) is 5.38 Å². The molecule has 0 spiro atoms. The number of hydrogen-bond donors (Lipinski definition) is 1. The van der Waals surface area contributed by atoms with Crippen LogP contribution in [0.4, 0.5) is 0 Å². The smallest absolute Gasteiger partial charge is 0.252 e. The number of rotatable bonds is 3. The Balaban J connectivity index is 1.88. The van der Waals surface area contributed by atoms with E-state index in [2.05, 4.69) is 27.9 Å². The Hall–Kier alpha value is -0.820. The molecular formula is C15H18ClIN2O2. The lowest BCUT2D eigenvalue weighted by Crippen LogP contribution is -2.48. The summed E-state index contributed by atoms with van der Waals surface area (Å²) in [5.41, 5.74) is 0.700. The van der Waals surface area contributed by atoms with Crippen molar-refractivity contribution in [2.45, 2.75) is 31.2 Å². The van der Waals surface area contributed by atoms with Crippen molar-refractivity contribution in [2.24, 2.45) is 0 Å². The van der Waals surface area contributed by atoms with Crippen molar-refractivity contribution in [1.29, 1.82) is 0 Å². The lowest BCUT2D eigenvalue weighted by molar-refractivity contribution is -0.131. The Kier molecular flexibility index (Phi) is 5.87. The summed E-state index contributed by atoms with van der Waals surface area (Å²) < 4.78 is 0.941. The minimum atomic E-state index is -0.484. The minimum Gasteiger partial charge on any atom is -0.349 e. The molecule has 2 amide bonds. The van der Waals surface area contributed by atoms with E-state index >= 15 is 0 Å². The molecule has 1 heterocycles. The molecule has 0 aromatic heterocycles. The zero-order valence-corrected chi connectivity index (χ0v) is 14.7. The monoisotopic (exact) mass is 420 g/mol. The topological polar surface area (TPSA) is 49.4 Å². The van der Waals surface area contributed by atoms with Crippen LogP contribution >= 0.6 is 34.2 Å². The van der Waals surface area contributed by atoms with E-state index < -0.39 is 5.38 Å². The first kappa shape index (κ1) is 16.5. The summed E-state index contributed by atoms with van der Waals surface area (Å²) in [5.74, 6) is -0.0745. The van der Waals surface area contributed by atoms with Crippen LogP contribution in [0.25, 0.3) is 0 Å². The van der Waals surface area contributed by atoms with Gasteiger partial charge < -0.3 is 10.2 Å². The number of halogens is 2. The van der Waals surface area contributed by atoms with Gasteiger partial charge in [0.2, 0.25) is 5.91 Å². The molecule has 0 bridgehead atoms. The molecule has 1 unspecified atom stereocenters. The Morgan fingerprint density at radius 2 is 1.95 bits per heavy atom. The largest absolute Gasteiger partial charge is 0.349 e. The van der Waals surface area contributed by atoms with Gasteiger partial charge in [0, 0.05) is 22.7 Å². The molecule has 1 aromatic rings. The maximum absolute atomic E-state index is 12.2. The fraction of sp³-hybridized carbons (Fsp3) is 0.467. The normalized spacial score (nSPS) is 17.4. The molecule has 21 heavy (non-hydrogen) atoms. The van der Waals surface area contributed by atoms with Crippen LogP contribution in [0, 0.1) is 3.57 Å². The predicted molar refractivity (Wildman–Crippen MR) is 91.5 cm³/mol. The number of benzene rings is 1. The van der Waals surface area contributed by atoms with Crippen LogP contribution in [0.2, 0.25) is 0 Å². The van der Waals surface area contributed by atoms with Gasteiger partial charge in [-0.3, -0.25) is 9.59 Å². The Bertz CT molecular complexity index is 528. The fourth-order valence-electron chi connectivity index (χ4n) is 2.40. The first-order chi connectivity index (χ1) is 9.99. The fourth-order valence-corrected chi connectivity index (χ4v) is 3.17. The molecule has 1 saturated heterocycles. The van der Waals surface area contributed by atoms with E-state index in [9.17, 15) is 9.59 Å². The first-order valence-corrected chi connectivity index (χ1v) is 8.49. The zero-order valence-electron chi connectivity index (χ0n) is 11.8. The maximum atomic E-state index is 12.2. The predicted octanol–water partition coefficient (Wildman–Crippen LogP) is 2.64. The summed E-state index contributed by atoms with van der Waals surface area (Å²) in [7, 11) is 0. The van der Waals surface area contributed by atoms with E-state index in [4.69, 9.17) is 11.6 Å². The van der Waals surface area contributed by atoms with Crippen molar-refractivity contribution >= 4 is 46.0 Å². The molecule has 4 nitrogen and oxygen atoms in total. The van der Waals surface area contributed by atoms with E-state index in [-0.39, 0.29) is 17.9 Å². The third-order valence-corrected chi connectivity index (χ3v) is 4.73. The van der Waals surface area contributed by atoms with Crippen molar-refractivity contribution in [3.05, 3.63) is 33.4 Å². The molecule has 0 saturated carbocycles. The number of piperidine rings is 1. The van der Waals surface area contributed by atoms with E-state index in [1.165, 1.54) is 0 Å². The summed E-state index contributed by atoms with van der Waals surface area (Å²) in [4.78, 5) is 25.8. The van der Waals surface area contributed by atoms with Crippen molar-refractivity contribution in [3.8, 4) is 0 Å². The molecule has 2 rings (SSSR count). The van der Waals surface area contributed by atoms with Crippen LogP contribution in [-0.4, -0.2) is 41.2 Å². The number of carbonyl (C=O) groups excluding carboxylic acids is 2. The van der Waals surface area contributed by atoms with Crippen LogP contribution in [0.5, 0.6) is 0 Å². The van der Waals surface area contributed by atoms with Gasteiger partial charge in [-0.15, -0.1) is 11.6 Å². The molecule has 1 N–H and O–H groups in total. The molecule has 1 atom stereocenters. The van der Waals surface area contributed by atoms with Crippen LogP contribution in [-0.2, 0) is 4.79 Å². The van der Waals surface area contributed by atoms with Gasteiger partial charge in [0.25, 0.3) is 5.91 Å². The SMILES string of the molecule is CC(Cl)C(=O)N1CCC(NC(=O)c2ccccc2I)CC1. The van der Waals surface area contributed by atoms with Gasteiger partial charge in [-0.1, -0.05) is 12.1 Å². The van der Waals surface area contributed by atoms with Gasteiger partial charge in [-0.2, -0.15) is 0 Å². The van der Waals surface area contributed by atoms with Crippen molar-refractivity contribution < 1.29 is 9.59 Å². The molecule has 1 aromatic carbocycles. The quantitative estimate of drug-likeness (QED) is 0.604. The van der Waals surface area contributed by atoms with Crippen molar-refractivity contribution in [1.82, 2.24) is 10.2 Å². The van der Waals surface area contributed by atoms with Gasteiger partial charge in [0.15, 0.2) is 0 Å². The molecule has 1 fully saturated rings. The third kappa shape index (κ3) is 4.32. The van der Waals surface area contributed by atoms with Crippen LogP contribution in [0.1, 0.15) is 30.1 Å². The lowest BCUT2D eigenvalue weighted by Gasteiger charge is -2.33. The molecule has 0 radical (unpaired) electrons. The number of hydrogen-bond acceptors (Lipinski definition) is 2. The van der Waals surface area contributed by atoms with Gasteiger partial charge in [0.05, 0.1) is 5.56 Å². The van der Waals surface area contributed by atoms with Crippen LogP contribution < -0.4 is 5.32 Å². The molecule has 114 valence electrons. The lowest BCUT2D eigenvalue weighted by atomic mass is 10.0. The molecular weight excluding hydrogens is 403 g/mol. The van der Waals surface area contributed by atoms with Gasteiger partial charge >= 0.3 is 0 Å². The molecule has 1 aliphatic rings. The average Bonchev–Trinajstić information content (AvgIpc) is 2.47. The van der Waals surface area contributed by atoms with E-state index in [1.54, 1.807) is 11.8 Å². The number of nitrogens with zero attached hydrogens (tertiary/aromatic N) is 1. The summed E-state index contributed by atoms with van der Waals surface area (Å²) in [6.07, 6.45) is 1.54. The Morgan fingerprint density at radius 3 is 2.52 bits per heavy atom. The van der Waals surface area contributed by atoms with Crippen LogP contribution in [0.3, 0.4) is 0 Å². The highest BCUT2D eigenvalue weighted by Crippen LogP contribution is 2.15. The number of carbonyl (C=O) groups is 2. The molecule has 6 heteroatoms. The average molecular weight is 421 g/mol. The van der Waals surface area contributed by atoms with E-state index in [0.717, 1.165) is 16.4 Å². The Labute approximate surface area is 143 Å². The van der Waals surface area contributed by atoms with E-state index in [0.29, 0.717) is 18.7 Å². The second-order valence-corrected chi connectivity index (χ2v) is 6.99. The van der Waals surface area contributed by atoms with E-state index in [1.807, 2.05) is 24.3 Å². The molecule has 0 aliphatic carbocycles. The summed E-state index contributed by atoms with van der Waals surface area (Å²) in [6.45, 7) is 2.98. The molecule has 1 aliphatic heterocycles. The van der Waals surface area contributed by atoms with Crippen molar-refractivity contribution in [3.63, 3.8) is 0 Å². The highest BCUT2D eigenvalue weighted by atomic mass is 127. The first-order valence-electron chi connectivity index (χ1n) is 6.97. The highest BCUT2D eigenvalue weighted by molar-refractivity contribution is 14.1.